The van der Waals surface area contributed by atoms with Gasteiger partial charge in [0.2, 0.25) is 5.95 Å². The molecular weight excluding hydrogens is 343 g/mol. The van der Waals surface area contributed by atoms with Gasteiger partial charge in [0.05, 0.1) is 0 Å². The van der Waals surface area contributed by atoms with Gasteiger partial charge in [-0.15, -0.1) is 0 Å². The second kappa shape index (κ2) is 7.25. The average molecular weight is 360 g/mol. The highest BCUT2D eigenvalue weighted by molar-refractivity contribution is 6.30. The fraction of sp³-hybridized carbons (Fsp3) is 0.375. The molecule has 0 saturated carbocycles. The smallest absolute Gasteiger partial charge is 0.283 e. The largest absolute Gasteiger partial charge is 0.348 e. The van der Waals surface area contributed by atoms with Crippen LogP contribution in [0.4, 0.5) is 13.2 Å². The Bertz CT molecular complexity index is 759. The molecule has 0 spiro atoms. The van der Waals surface area contributed by atoms with Crippen molar-refractivity contribution in [2.45, 2.75) is 32.7 Å². The number of amides is 1. The lowest BCUT2D eigenvalue weighted by Crippen LogP contribution is -2.25. The van der Waals surface area contributed by atoms with Crippen LogP contribution in [0.15, 0.2) is 18.2 Å². The van der Waals surface area contributed by atoms with E-state index in [0.717, 1.165) is 18.2 Å². The van der Waals surface area contributed by atoms with Gasteiger partial charge < -0.3 is 5.32 Å². The summed E-state index contributed by atoms with van der Waals surface area (Å²) in [6.45, 7) is 4.00. The van der Waals surface area contributed by atoms with E-state index in [1.807, 2.05) is 19.9 Å². The normalized spacial score (nSPS) is 11.4. The zero-order valence-corrected chi connectivity index (χ0v) is 14.2. The van der Waals surface area contributed by atoms with Crippen LogP contribution in [-0.2, 0) is 13.6 Å². The number of nitrogens with one attached hydrogen (secondary N) is 1. The van der Waals surface area contributed by atoms with Crippen LogP contribution in [0.25, 0.3) is 0 Å². The summed E-state index contributed by atoms with van der Waals surface area (Å²) in [5, 5.41) is 6.31. The number of aryl methyl sites for hydroxylation is 1. The van der Waals surface area contributed by atoms with Crippen LogP contribution in [0.3, 0.4) is 0 Å². The first kappa shape index (κ1) is 18.3. The molecule has 24 heavy (non-hydrogen) atoms. The Morgan fingerprint density at radius 1 is 1.38 bits per heavy atom. The van der Waals surface area contributed by atoms with E-state index in [1.54, 1.807) is 12.1 Å². The molecule has 0 atom stereocenters. The summed E-state index contributed by atoms with van der Waals surface area (Å²) in [5.41, 5.74) is 0.0949. The quantitative estimate of drug-likeness (QED) is 0.869. The minimum absolute atomic E-state index is 0.0456. The highest BCUT2D eigenvalue weighted by atomic mass is 35.5. The van der Waals surface area contributed by atoms with Crippen molar-refractivity contribution in [3.8, 4) is 0 Å². The van der Waals surface area contributed by atoms with E-state index in [9.17, 15) is 18.0 Å². The van der Waals surface area contributed by atoms with Crippen LogP contribution in [-0.4, -0.2) is 15.7 Å². The number of hydrogen-bond acceptors (Lipinski definition) is 2. The topological polar surface area (TPSA) is 46.9 Å². The first-order valence-corrected chi connectivity index (χ1v) is 7.67. The van der Waals surface area contributed by atoms with Crippen LogP contribution in [0.5, 0.6) is 0 Å². The Labute approximate surface area is 142 Å². The molecule has 130 valence electrons. The SMILES string of the molecule is CC(C)c1ccc(Cl)cc1CNC(=O)c1c(C(F)F)nn(C)c1F. The molecule has 0 radical (unpaired) electrons. The number of benzene rings is 1. The maximum Gasteiger partial charge on any atom is 0.283 e. The van der Waals surface area contributed by atoms with Crippen molar-refractivity contribution in [2.24, 2.45) is 7.05 Å². The molecule has 0 bridgehead atoms. The van der Waals surface area contributed by atoms with Crippen LogP contribution in [0.1, 0.15) is 53.4 Å². The zero-order chi connectivity index (χ0) is 18.0. The number of halogens is 4. The molecule has 2 rings (SSSR count). The third-order valence-electron chi connectivity index (χ3n) is 3.60. The summed E-state index contributed by atoms with van der Waals surface area (Å²) >= 11 is 5.96. The molecule has 0 aliphatic carbocycles. The van der Waals surface area contributed by atoms with Crippen molar-refractivity contribution in [1.29, 1.82) is 0 Å². The summed E-state index contributed by atoms with van der Waals surface area (Å²) in [4.78, 5) is 12.2. The van der Waals surface area contributed by atoms with Crippen LogP contribution in [0, 0.1) is 5.95 Å². The van der Waals surface area contributed by atoms with E-state index in [1.165, 1.54) is 0 Å². The molecule has 1 N–H and O–H groups in total. The van der Waals surface area contributed by atoms with Gasteiger partial charge in [0.15, 0.2) is 0 Å². The van der Waals surface area contributed by atoms with Gasteiger partial charge in [0.25, 0.3) is 12.3 Å². The van der Waals surface area contributed by atoms with Crippen molar-refractivity contribution in [3.63, 3.8) is 0 Å². The van der Waals surface area contributed by atoms with Crippen LogP contribution < -0.4 is 5.32 Å². The van der Waals surface area contributed by atoms with E-state index in [2.05, 4.69) is 10.4 Å². The second-order valence-electron chi connectivity index (χ2n) is 5.66. The zero-order valence-electron chi connectivity index (χ0n) is 13.4. The van der Waals surface area contributed by atoms with Crippen molar-refractivity contribution in [1.82, 2.24) is 15.1 Å². The maximum absolute atomic E-state index is 13.9. The van der Waals surface area contributed by atoms with Crippen molar-refractivity contribution < 1.29 is 18.0 Å². The minimum Gasteiger partial charge on any atom is -0.348 e. The molecule has 4 nitrogen and oxygen atoms in total. The van der Waals surface area contributed by atoms with E-state index < -0.39 is 29.5 Å². The molecule has 0 aliphatic heterocycles. The monoisotopic (exact) mass is 359 g/mol. The van der Waals surface area contributed by atoms with E-state index in [4.69, 9.17) is 11.6 Å². The average Bonchev–Trinajstić information content (AvgIpc) is 2.80. The number of hydrogen-bond donors (Lipinski definition) is 1. The fourth-order valence-corrected chi connectivity index (χ4v) is 2.63. The number of nitrogens with zero attached hydrogens (tertiary/aromatic N) is 2. The van der Waals surface area contributed by atoms with Gasteiger partial charge in [0, 0.05) is 18.6 Å². The van der Waals surface area contributed by atoms with Gasteiger partial charge in [-0.05, 0) is 29.2 Å². The van der Waals surface area contributed by atoms with Gasteiger partial charge in [-0.2, -0.15) is 9.49 Å². The maximum atomic E-state index is 13.9. The molecule has 1 aromatic carbocycles. The summed E-state index contributed by atoms with van der Waals surface area (Å²) in [6.07, 6.45) is -3.04. The van der Waals surface area contributed by atoms with Crippen LogP contribution >= 0.6 is 11.6 Å². The molecule has 0 fully saturated rings. The Kier molecular flexibility index (Phi) is 5.54. The molecular formula is C16H17ClF3N3O. The van der Waals surface area contributed by atoms with E-state index in [0.29, 0.717) is 9.70 Å². The van der Waals surface area contributed by atoms with Gasteiger partial charge in [-0.1, -0.05) is 31.5 Å². The molecule has 0 aliphatic rings. The number of carbonyl (C=O) groups excluding carboxylic acids is 1. The first-order chi connectivity index (χ1) is 11.2. The number of rotatable bonds is 5. The Morgan fingerprint density at radius 2 is 2.04 bits per heavy atom. The Balaban J connectivity index is 2.25. The summed E-state index contributed by atoms with van der Waals surface area (Å²) in [7, 11) is 1.16. The number of carbonyl (C=O) groups is 1. The summed E-state index contributed by atoms with van der Waals surface area (Å²) in [6, 6.07) is 5.26. The molecule has 1 aromatic heterocycles. The van der Waals surface area contributed by atoms with E-state index in [-0.39, 0.29) is 12.5 Å². The third-order valence-corrected chi connectivity index (χ3v) is 3.84. The highest BCUT2D eigenvalue weighted by Gasteiger charge is 2.28. The van der Waals surface area contributed by atoms with Crippen molar-refractivity contribution in [2.75, 3.05) is 0 Å². The van der Waals surface area contributed by atoms with Gasteiger partial charge in [0.1, 0.15) is 11.3 Å². The molecule has 8 heteroatoms. The highest BCUT2D eigenvalue weighted by Crippen LogP contribution is 2.25. The second-order valence-corrected chi connectivity index (χ2v) is 6.09. The Morgan fingerprint density at radius 3 is 2.62 bits per heavy atom. The van der Waals surface area contributed by atoms with Crippen molar-refractivity contribution in [3.05, 3.63) is 51.6 Å². The van der Waals surface area contributed by atoms with Crippen molar-refractivity contribution >= 4 is 17.5 Å². The number of alkyl halides is 2. The predicted octanol–water partition coefficient (Wildman–Crippen LogP) is 4.20. The molecule has 2 aromatic rings. The molecule has 1 heterocycles. The molecule has 0 saturated heterocycles. The standard InChI is InChI=1S/C16H17ClF3N3O/c1-8(2)11-5-4-10(17)6-9(11)7-21-16(24)12-13(14(18)19)22-23(3)15(12)20/h4-6,8,14H,7H2,1-3H3,(H,21,24). The van der Waals surface area contributed by atoms with Gasteiger partial charge in [-0.25, -0.2) is 13.5 Å². The first-order valence-electron chi connectivity index (χ1n) is 7.29. The minimum atomic E-state index is -3.04. The lowest BCUT2D eigenvalue weighted by Gasteiger charge is -2.14. The summed E-state index contributed by atoms with van der Waals surface area (Å²) in [5.74, 6) is -1.86. The lowest BCUT2D eigenvalue weighted by molar-refractivity contribution is 0.0931. The van der Waals surface area contributed by atoms with E-state index >= 15 is 0 Å². The van der Waals surface area contributed by atoms with Gasteiger partial charge in [-0.3, -0.25) is 4.79 Å². The fourth-order valence-electron chi connectivity index (χ4n) is 2.44. The third kappa shape index (κ3) is 3.72. The molecule has 1 amide bonds. The number of aromatic nitrogens is 2. The summed E-state index contributed by atoms with van der Waals surface area (Å²) < 4.78 is 40.4. The predicted molar refractivity (Wildman–Crippen MR) is 84.8 cm³/mol. The molecule has 0 unspecified atom stereocenters. The lowest BCUT2D eigenvalue weighted by atomic mass is 9.97. The van der Waals surface area contributed by atoms with Gasteiger partial charge >= 0.3 is 0 Å². The Hall–Kier alpha value is -2.02. The van der Waals surface area contributed by atoms with Crippen LogP contribution in [0.2, 0.25) is 5.02 Å².